The summed E-state index contributed by atoms with van der Waals surface area (Å²) in [6, 6.07) is 2.17. The Balaban J connectivity index is 1.66. The number of fused-ring (bicyclic) bond motifs is 5. The number of alkyl halides is 2. The largest absolute Gasteiger partial charge is 0.507 e. The Morgan fingerprint density at radius 2 is 1.95 bits per heavy atom. The molecule has 0 spiro atoms. The Morgan fingerprint density at radius 1 is 1.25 bits per heavy atom. The van der Waals surface area contributed by atoms with Gasteiger partial charge in [-0.3, -0.25) is 19.0 Å². The summed E-state index contributed by atoms with van der Waals surface area (Å²) in [6.45, 7) is 5.44. The summed E-state index contributed by atoms with van der Waals surface area (Å²) in [5, 5.41) is 10.5. The molecule has 9 nitrogen and oxygen atoms in total. The maximum atomic E-state index is 14.8. The predicted molar refractivity (Wildman–Crippen MR) is 143 cm³/mol. The third-order valence-corrected chi connectivity index (χ3v) is 8.14. The zero-order valence-corrected chi connectivity index (χ0v) is 22.1. The summed E-state index contributed by atoms with van der Waals surface area (Å²) in [4.78, 5) is 48.6. The second-order valence-corrected chi connectivity index (χ2v) is 10.7. The number of rotatable bonds is 3. The number of carbonyl (C=O) groups excluding carboxylic acids is 2. The number of amides is 2. The van der Waals surface area contributed by atoms with Gasteiger partial charge in [0, 0.05) is 31.4 Å². The lowest BCUT2D eigenvalue weighted by atomic mass is 9.98. The molecule has 3 aromatic rings. The number of pyridine rings is 2. The lowest BCUT2D eigenvalue weighted by Crippen LogP contribution is -2.66. The monoisotopic (exact) mass is 573 g/mol. The van der Waals surface area contributed by atoms with Crippen LogP contribution in [0.15, 0.2) is 41.7 Å². The van der Waals surface area contributed by atoms with E-state index in [-0.39, 0.29) is 57.7 Å². The van der Waals surface area contributed by atoms with Crippen molar-refractivity contribution in [1.29, 1.82) is 0 Å². The zero-order chi connectivity index (χ0) is 28.8. The Labute approximate surface area is 230 Å². The highest BCUT2D eigenvalue weighted by Gasteiger charge is 2.60. The molecule has 0 bridgehead atoms. The quantitative estimate of drug-likeness (QED) is 0.480. The SMILES string of the molecule is C=CC(=O)N1C[C@@H]2C(=O)N(C)c3c(c4cc(Cl)c(-c5c(O)cccc5F)nc4n([C@H]4CC4(F)F)c3=O)N2C[C@H]1C. The highest BCUT2D eigenvalue weighted by atomic mass is 35.5. The van der Waals surface area contributed by atoms with Gasteiger partial charge < -0.3 is 19.8 Å². The number of aromatic hydroxyl groups is 1. The van der Waals surface area contributed by atoms with Gasteiger partial charge in [0.15, 0.2) is 0 Å². The van der Waals surface area contributed by atoms with E-state index >= 15 is 0 Å². The fourth-order valence-electron chi connectivity index (χ4n) is 5.75. The minimum absolute atomic E-state index is 0.00223. The average molecular weight is 574 g/mol. The number of benzene rings is 1. The minimum atomic E-state index is -3.20. The van der Waals surface area contributed by atoms with Crippen molar-refractivity contribution < 1.29 is 27.9 Å². The summed E-state index contributed by atoms with van der Waals surface area (Å²) >= 11 is 6.58. The van der Waals surface area contributed by atoms with Gasteiger partial charge in [0.25, 0.3) is 17.4 Å². The maximum absolute atomic E-state index is 14.8. The Hall–Kier alpha value is -4.06. The number of nitrogens with zero attached hydrogens (tertiary/aromatic N) is 5. The Morgan fingerprint density at radius 3 is 2.58 bits per heavy atom. The Bertz CT molecular complexity index is 1690. The molecule has 1 saturated heterocycles. The van der Waals surface area contributed by atoms with Gasteiger partial charge in [-0.2, -0.15) is 0 Å². The number of carbonyl (C=O) groups is 2. The molecule has 40 heavy (non-hydrogen) atoms. The molecule has 3 atom stereocenters. The fraction of sp³-hybridized carbons (Fsp3) is 0.333. The van der Waals surface area contributed by atoms with E-state index in [0.717, 1.165) is 21.6 Å². The molecule has 2 aliphatic heterocycles. The molecule has 0 unspecified atom stereocenters. The van der Waals surface area contributed by atoms with Crippen LogP contribution in [0.25, 0.3) is 22.3 Å². The molecule has 1 N–H and O–H groups in total. The first-order chi connectivity index (χ1) is 18.9. The van der Waals surface area contributed by atoms with Gasteiger partial charge in [-0.05, 0) is 31.2 Å². The second kappa shape index (κ2) is 8.72. The summed E-state index contributed by atoms with van der Waals surface area (Å²) < 4.78 is 44.5. The summed E-state index contributed by atoms with van der Waals surface area (Å²) in [5.74, 6) is -5.36. The molecular weight excluding hydrogens is 551 g/mol. The van der Waals surface area contributed by atoms with Crippen LogP contribution in [-0.4, -0.2) is 69.5 Å². The van der Waals surface area contributed by atoms with Crippen LogP contribution in [0.3, 0.4) is 0 Å². The fourth-order valence-corrected chi connectivity index (χ4v) is 6.00. The predicted octanol–water partition coefficient (Wildman–Crippen LogP) is 3.71. The minimum Gasteiger partial charge on any atom is -0.507 e. The highest BCUT2D eigenvalue weighted by molar-refractivity contribution is 6.34. The number of halogens is 4. The first kappa shape index (κ1) is 26.2. The van der Waals surface area contributed by atoms with E-state index in [1.807, 2.05) is 0 Å². The summed E-state index contributed by atoms with van der Waals surface area (Å²) in [5.41, 5.74) is -1.49. The maximum Gasteiger partial charge on any atom is 0.278 e. The molecule has 13 heteroatoms. The average Bonchev–Trinajstić information content (AvgIpc) is 3.53. The van der Waals surface area contributed by atoms with Crippen LogP contribution in [0.5, 0.6) is 5.75 Å². The summed E-state index contributed by atoms with van der Waals surface area (Å²) in [6.07, 6.45) is 0.537. The lowest BCUT2D eigenvalue weighted by Gasteiger charge is -2.49. The van der Waals surface area contributed by atoms with Gasteiger partial charge in [-0.25, -0.2) is 18.2 Å². The van der Waals surface area contributed by atoms with E-state index in [9.17, 15) is 32.7 Å². The van der Waals surface area contributed by atoms with Crippen LogP contribution in [-0.2, 0) is 9.59 Å². The van der Waals surface area contributed by atoms with E-state index in [1.165, 1.54) is 30.1 Å². The van der Waals surface area contributed by atoms with Crippen LogP contribution in [0.1, 0.15) is 19.4 Å². The molecule has 3 aliphatic rings. The molecular formula is C27H23ClF3N5O4. The van der Waals surface area contributed by atoms with Crippen molar-refractivity contribution in [3.8, 4) is 17.0 Å². The molecule has 1 aliphatic carbocycles. The summed E-state index contributed by atoms with van der Waals surface area (Å²) in [7, 11) is 1.37. The standard InChI is InChI=1S/C27H23ClF3N5O4/c1-4-19(38)34-11-16-25(39)33(3)23-22(35(16)10-12(34)2)13-8-14(28)21(20-15(29)6-5-7-17(20)37)32-24(13)36(26(23)40)18-9-27(18,30)31/h4-8,12,16,18,37H,1,9-11H2,2-3H3/t12-,16-,18+/m1/s1. The number of phenolic OH excluding ortho intramolecular Hbond substituents is 1. The van der Waals surface area contributed by atoms with Gasteiger partial charge in [-0.1, -0.05) is 24.2 Å². The Kier molecular flexibility index (Phi) is 5.71. The van der Waals surface area contributed by atoms with Crippen LogP contribution >= 0.6 is 11.6 Å². The van der Waals surface area contributed by atoms with Gasteiger partial charge >= 0.3 is 0 Å². The number of hydrogen-bond donors (Lipinski definition) is 1. The van der Waals surface area contributed by atoms with Crippen molar-refractivity contribution in [2.24, 2.45) is 0 Å². The smallest absolute Gasteiger partial charge is 0.278 e. The zero-order valence-electron chi connectivity index (χ0n) is 21.4. The number of likely N-dealkylation sites (N-methyl/N-ethyl adjacent to an activating group) is 1. The molecule has 1 saturated carbocycles. The molecule has 6 rings (SSSR count). The van der Waals surface area contributed by atoms with Crippen LogP contribution in [0.4, 0.5) is 24.5 Å². The number of phenols is 1. The normalized spacial score (nSPS) is 23.2. The van der Waals surface area contributed by atoms with Gasteiger partial charge in [-0.15, -0.1) is 0 Å². The first-order valence-corrected chi connectivity index (χ1v) is 12.9. The molecule has 0 radical (unpaired) electrons. The van der Waals surface area contributed by atoms with Crippen LogP contribution in [0, 0.1) is 5.82 Å². The third-order valence-electron chi connectivity index (χ3n) is 7.85. The molecule has 2 aromatic heterocycles. The van der Waals surface area contributed by atoms with E-state index in [1.54, 1.807) is 11.8 Å². The van der Waals surface area contributed by atoms with Crippen molar-refractivity contribution in [2.45, 2.75) is 37.4 Å². The molecule has 4 heterocycles. The van der Waals surface area contributed by atoms with E-state index < -0.39 is 53.5 Å². The van der Waals surface area contributed by atoms with Crippen LogP contribution < -0.4 is 15.4 Å². The van der Waals surface area contributed by atoms with Gasteiger partial charge in [0.2, 0.25) is 5.91 Å². The topological polar surface area (TPSA) is 99.0 Å². The highest BCUT2D eigenvalue weighted by Crippen LogP contribution is 2.54. The third kappa shape index (κ3) is 3.61. The van der Waals surface area contributed by atoms with Crippen molar-refractivity contribution in [3.05, 3.63) is 58.1 Å². The van der Waals surface area contributed by atoms with Crippen molar-refractivity contribution in [1.82, 2.24) is 14.5 Å². The second-order valence-electron chi connectivity index (χ2n) is 10.3. The van der Waals surface area contributed by atoms with Gasteiger partial charge in [0.05, 0.1) is 28.5 Å². The molecule has 208 valence electrons. The van der Waals surface area contributed by atoms with Crippen molar-refractivity contribution in [3.63, 3.8) is 0 Å². The van der Waals surface area contributed by atoms with Crippen LogP contribution in [0.2, 0.25) is 5.02 Å². The molecule has 2 fully saturated rings. The van der Waals surface area contributed by atoms with E-state index in [4.69, 9.17) is 11.6 Å². The number of anilines is 2. The van der Waals surface area contributed by atoms with E-state index in [0.29, 0.717) is 0 Å². The lowest BCUT2D eigenvalue weighted by molar-refractivity contribution is -0.130. The number of piperazine rings is 1. The molecule has 2 amide bonds. The van der Waals surface area contributed by atoms with Crippen molar-refractivity contribution >= 4 is 45.8 Å². The van der Waals surface area contributed by atoms with Crippen molar-refractivity contribution in [2.75, 3.05) is 29.9 Å². The number of hydrogen-bond acceptors (Lipinski definition) is 6. The first-order valence-electron chi connectivity index (χ1n) is 12.5. The van der Waals surface area contributed by atoms with Gasteiger partial charge in [0.1, 0.15) is 35.0 Å². The van der Waals surface area contributed by atoms with E-state index in [2.05, 4.69) is 11.6 Å². The molecule has 1 aromatic carbocycles. The number of aromatic nitrogens is 2.